The fourth-order valence-electron chi connectivity index (χ4n) is 4.30. The molecule has 8 heteroatoms. The Morgan fingerprint density at radius 3 is 2.61 bits per heavy atom. The van der Waals surface area contributed by atoms with Crippen LogP contribution >= 0.6 is 0 Å². The molecule has 2 aromatic heterocycles. The van der Waals surface area contributed by atoms with Crippen LogP contribution in [0.3, 0.4) is 0 Å². The Morgan fingerprint density at radius 2 is 1.94 bits per heavy atom. The van der Waals surface area contributed by atoms with E-state index in [1.807, 2.05) is 12.1 Å². The van der Waals surface area contributed by atoms with Crippen LogP contribution < -0.4 is 5.32 Å². The van der Waals surface area contributed by atoms with Gasteiger partial charge in [-0.1, -0.05) is 24.6 Å². The van der Waals surface area contributed by atoms with Crippen molar-refractivity contribution in [3.8, 4) is 6.07 Å². The van der Waals surface area contributed by atoms with Crippen molar-refractivity contribution in [3.05, 3.63) is 88.9 Å². The van der Waals surface area contributed by atoms with Crippen molar-refractivity contribution in [1.29, 1.82) is 5.26 Å². The van der Waals surface area contributed by atoms with Gasteiger partial charge in [-0.25, -0.2) is 14.8 Å². The summed E-state index contributed by atoms with van der Waals surface area (Å²) in [5.74, 6) is -0.215. The zero-order valence-electron chi connectivity index (χ0n) is 17.5. The van der Waals surface area contributed by atoms with Gasteiger partial charge in [0.1, 0.15) is 11.6 Å². The SMILES string of the molecule is N#Cc1cccc(C(=O)Nc2ccc(C3(c4nc5cccc(C(=O)O)c5[nH]4)CCC3)cn2)c1. The molecule has 0 bridgehead atoms. The Kier molecular flexibility index (Phi) is 4.87. The maximum absolute atomic E-state index is 12.5. The quantitative estimate of drug-likeness (QED) is 0.428. The third kappa shape index (κ3) is 3.49. The summed E-state index contributed by atoms with van der Waals surface area (Å²) in [5.41, 5.74) is 2.70. The number of nitriles is 1. The number of aromatic amines is 1. The molecule has 0 saturated heterocycles. The molecule has 4 aromatic rings. The molecule has 0 unspecified atom stereocenters. The highest BCUT2D eigenvalue weighted by molar-refractivity contribution is 6.04. The first-order chi connectivity index (χ1) is 16.0. The van der Waals surface area contributed by atoms with Gasteiger partial charge in [0.05, 0.1) is 33.6 Å². The van der Waals surface area contributed by atoms with Crippen LogP contribution in [0.15, 0.2) is 60.8 Å². The average Bonchev–Trinajstić information content (AvgIpc) is 3.23. The van der Waals surface area contributed by atoms with E-state index in [0.717, 1.165) is 30.7 Å². The first kappa shape index (κ1) is 20.4. The van der Waals surface area contributed by atoms with Gasteiger partial charge >= 0.3 is 5.97 Å². The Labute approximate surface area is 188 Å². The number of benzene rings is 2. The molecular weight excluding hydrogens is 418 g/mol. The van der Waals surface area contributed by atoms with Crippen LogP contribution in [0, 0.1) is 11.3 Å². The minimum absolute atomic E-state index is 0.192. The second-order valence-electron chi connectivity index (χ2n) is 8.10. The van der Waals surface area contributed by atoms with E-state index in [4.69, 9.17) is 10.2 Å². The van der Waals surface area contributed by atoms with Crippen LogP contribution in [-0.2, 0) is 5.41 Å². The van der Waals surface area contributed by atoms with Gasteiger partial charge in [0.15, 0.2) is 0 Å². The highest BCUT2D eigenvalue weighted by atomic mass is 16.4. The number of carboxylic acids is 1. The monoisotopic (exact) mass is 437 g/mol. The number of carbonyl (C=O) groups is 2. The highest BCUT2D eigenvalue weighted by Crippen LogP contribution is 2.48. The number of imidazole rings is 1. The fraction of sp³-hybridized carbons (Fsp3) is 0.160. The number of nitrogens with zero attached hydrogens (tertiary/aromatic N) is 3. The second-order valence-corrected chi connectivity index (χ2v) is 8.10. The number of nitrogens with one attached hydrogen (secondary N) is 2. The Morgan fingerprint density at radius 1 is 1.12 bits per heavy atom. The number of H-pyrrole nitrogens is 1. The van der Waals surface area contributed by atoms with Gasteiger partial charge in [-0.2, -0.15) is 5.26 Å². The number of aromatic nitrogens is 3. The standard InChI is InChI=1S/C25H19N5O3/c26-13-15-4-1-5-16(12-15)22(31)29-20-9-8-17(14-27-20)25(10-3-11-25)24-28-19-7-2-6-18(23(32)33)21(19)30-24/h1-2,4-9,12,14H,3,10-11H2,(H,28,30)(H,32,33)(H,27,29,31). The molecule has 1 saturated carbocycles. The minimum Gasteiger partial charge on any atom is -0.478 e. The molecule has 0 radical (unpaired) electrons. The molecule has 2 aromatic carbocycles. The van der Waals surface area contributed by atoms with E-state index in [2.05, 4.69) is 15.3 Å². The fourth-order valence-corrected chi connectivity index (χ4v) is 4.30. The zero-order chi connectivity index (χ0) is 23.0. The zero-order valence-corrected chi connectivity index (χ0v) is 17.5. The largest absolute Gasteiger partial charge is 0.478 e. The predicted octanol–water partition coefficient (Wildman–Crippen LogP) is 4.25. The summed E-state index contributed by atoms with van der Waals surface area (Å²) in [6.07, 6.45) is 4.48. The van der Waals surface area contributed by atoms with Crippen molar-refractivity contribution in [2.45, 2.75) is 24.7 Å². The maximum atomic E-state index is 12.5. The first-order valence-corrected chi connectivity index (χ1v) is 10.5. The smallest absolute Gasteiger partial charge is 0.337 e. The third-order valence-electron chi connectivity index (χ3n) is 6.22. The highest BCUT2D eigenvalue weighted by Gasteiger charge is 2.43. The van der Waals surface area contributed by atoms with Crippen LogP contribution in [0.4, 0.5) is 5.82 Å². The number of anilines is 1. The van der Waals surface area contributed by atoms with Gasteiger partial charge < -0.3 is 15.4 Å². The number of hydrogen-bond acceptors (Lipinski definition) is 5. The van der Waals surface area contributed by atoms with E-state index < -0.39 is 5.97 Å². The number of amides is 1. The molecule has 3 N–H and O–H groups in total. The summed E-state index contributed by atoms with van der Waals surface area (Å²) in [6, 6.07) is 17.2. The van der Waals surface area contributed by atoms with E-state index >= 15 is 0 Å². The van der Waals surface area contributed by atoms with Gasteiger partial charge in [0, 0.05) is 11.8 Å². The summed E-state index contributed by atoms with van der Waals surface area (Å²) in [6.45, 7) is 0. The molecule has 2 heterocycles. The second kappa shape index (κ2) is 7.88. The van der Waals surface area contributed by atoms with Crippen LogP contribution in [-0.4, -0.2) is 31.9 Å². The first-order valence-electron chi connectivity index (χ1n) is 10.5. The topological polar surface area (TPSA) is 132 Å². The van der Waals surface area contributed by atoms with E-state index in [1.54, 1.807) is 48.7 Å². The number of fused-ring (bicyclic) bond motifs is 1. The Bertz CT molecular complexity index is 1430. The minimum atomic E-state index is -1.000. The number of pyridine rings is 1. The lowest BCUT2D eigenvalue weighted by Crippen LogP contribution is -2.36. The molecule has 0 spiro atoms. The third-order valence-corrected chi connectivity index (χ3v) is 6.22. The van der Waals surface area contributed by atoms with E-state index in [-0.39, 0.29) is 16.9 Å². The maximum Gasteiger partial charge on any atom is 0.337 e. The number of rotatable bonds is 5. The van der Waals surface area contributed by atoms with E-state index in [0.29, 0.717) is 28.0 Å². The summed E-state index contributed by atoms with van der Waals surface area (Å²) in [7, 11) is 0. The molecule has 162 valence electrons. The molecule has 0 aliphatic heterocycles. The summed E-state index contributed by atoms with van der Waals surface area (Å²) in [4.78, 5) is 36.5. The number of carbonyl (C=O) groups excluding carboxylic acids is 1. The molecule has 1 aliphatic rings. The predicted molar refractivity (Wildman–Crippen MR) is 121 cm³/mol. The molecule has 1 fully saturated rings. The van der Waals surface area contributed by atoms with Gasteiger partial charge in [-0.3, -0.25) is 4.79 Å². The van der Waals surface area contributed by atoms with Crippen molar-refractivity contribution in [1.82, 2.24) is 15.0 Å². The summed E-state index contributed by atoms with van der Waals surface area (Å²) in [5, 5.41) is 21.3. The van der Waals surface area contributed by atoms with Gasteiger partial charge in [-0.05, 0) is 54.8 Å². The van der Waals surface area contributed by atoms with Crippen molar-refractivity contribution in [2.24, 2.45) is 0 Å². The molecule has 33 heavy (non-hydrogen) atoms. The van der Waals surface area contributed by atoms with Crippen molar-refractivity contribution < 1.29 is 14.7 Å². The van der Waals surface area contributed by atoms with Gasteiger partial charge in [-0.15, -0.1) is 0 Å². The lowest BCUT2D eigenvalue weighted by atomic mass is 9.64. The number of aromatic carboxylic acids is 1. The van der Waals surface area contributed by atoms with Crippen LogP contribution in [0.2, 0.25) is 0 Å². The molecule has 1 amide bonds. The molecule has 1 aliphatic carbocycles. The molecular formula is C25H19N5O3. The van der Waals surface area contributed by atoms with Crippen LogP contribution in [0.25, 0.3) is 11.0 Å². The van der Waals surface area contributed by atoms with Crippen molar-refractivity contribution in [3.63, 3.8) is 0 Å². The summed E-state index contributed by atoms with van der Waals surface area (Å²) < 4.78 is 0. The Hall–Kier alpha value is -4.51. The molecule has 0 atom stereocenters. The number of hydrogen-bond donors (Lipinski definition) is 3. The van der Waals surface area contributed by atoms with Gasteiger partial charge in [0.2, 0.25) is 0 Å². The number of para-hydroxylation sites is 1. The van der Waals surface area contributed by atoms with Crippen molar-refractivity contribution >= 4 is 28.7 Å². The van der Waals surface area contributed by atoms with Crippen LogP contribution in [0.1, 0.15) is 56.9 Å². The van der Waals surface area contributed by atoms with Crippen molar-refractivity contribution in [2.75, 3.05) is 5.32 Å². The molecule has 8 nitrogen and oxygen atoms in total. The lowest BCUT2D eigenvalue weighted by molar-refractivity contribution is 0.0698. The van der Waals surface area contributed by atoms with Crippen LogP contribution in [0.5, 0.6) is 0 Å². The lowest BCUT2D eigenvalue weighted by Gasteiger charge is -2.40. The molecule has 5 rings (SSSR count). The van der Waals surface area contributed by atoms with E-state index in [9.17, 15) is 14.7 Å². The van der Waals surface area contributed by atoms with E-state index in [1.165, 1.54) is 6.07 Å². The Balaban J connectivity index is 1.42. The summed E-state index contributed by atoms with van der Waals surface area (Å²) >= 11 is 0. The van der Waals surface area contributed by atoms with Gasteiger partial charge in [0.25, 0.3) is 5.91 Å². The normalized spacial score (nSPS) is 14.3. The average molecular weight is 437 g/mol. The number of carboxylic acid groups (broad SMARTS) is 1.